The zero-order valence-corrected chi connectivity index (χ0v) is 13.7. The number of aryl methyl sites for hydroxylation is 1. The summed E-state index contributed by atoms with van der Waals surface area (Å²) in [4.78, 5) is 12.8. The summed E-state index contributed by atoms with van der Waals surface area (Å²) in [5.41, 5.74) is 2.19. The van der Waals surface area contributed by atoms with E-state index >= 15 is 0 Å². The topological polar surface area (TPSA) is 66.8 Å². The number of hydrogen-bond donors (Lipinski definition) is 2. The minimum Gasteiger partial charge on any atom is -0.515 e. The van der Waals surface area contributed by atoms with E-state index in [1.54, 1.807) is 18.2 Å². The first-order chi connectivity index (χ1) is 11.0. The summed E-state index contributed by atoms with van der Waals surface area (Å²) in [6, 6.07) is 4.98. The number of carbonyl (C=O) groups excluding carboxylic acids is 1. The summed E-state index contributed by atoms with van der Waals surface area (Å²) < 4.78 is 5.96. The third-order valence-electron chi connectivity index (χ3n) is 5.34. The number of carbonyl (C=O) groups is 1. The number of allylic oxidation sites excluding steroid dienone is 1. The zero-order valence-electron chi connectivity index (χ0n) is 13.7. The van der Waals surface area contributed by atoms with Crippen LogP contribution in [-0.2, 0) is 9.53 Å². The molecule has 23 heavy (non-hydrogen) atoms. The Hall–Kier alpha value is -1.81. The van der Waals surface area contributed by atoms with Crippen molar-refractivity contribution in [3.63, 3.8) is 0 Å². The van der Waals surface area contributed by atoms with Crippen LogP contribution in [0.25, 0.3) is 5.57 Å². The van der Waals surface area contributed by atoms with Crippen LogP contribution < -0.4 is 0 Å². The highest BCUT2D eigenvalue weighted by molar-refractivity contribution is 5.92. The number of Topliss-reactive ketones (excluding diaryl/α,β-unsaturated/α-hetero) is 1. The quantitative estimate of drug-likeness (QED) is 0.830. The van der Waals surface area contributed by atoms with Crippen LogP contribution in [0.4, 0.5) is 0 Å². The predicted molar refractivity (Wildman–Crippen MR) is 88.2 cm³/mol. The molecule has 0 radical (unpaired) electrons. The predicted octanol–water partition coefficient (Wildman–Crippen LogP) is 3.76. The Labute approximate surface area is 136 Å². The number of phenolic OH excluding ortho intramolecular Hbond substituents is 1. The van der Waals surface area contributed by atoms with Gasteiger partial charge in [-0.15, -0.1) is 0 Å². The second-order valence-electron chi connectivity index (χ2n) is 6.83. The minimum atomic E-state index is -0.0879. The highest BCUT2D eigenvalue weighted by Gasteiger charge is 2.47. The maximum atomic E-state index is 12.8. The molecule has 1 aromatic rings. The first kappa shape index (κ1) is 16.1. The summed E-state index contributed by atoms with van der Waals surface area (Å²) in [5.74, 6) is 0.399. The average Bonchev–Trinajstić information content (AvgIpc) is 2.76. The van der Waals surface area contributed by atoms with Gasteiger partial charge in [-0.3, -0.25) is 4.79 Å². The lowest BCUT2D eigenvalue weighted by Crippen LogP contribution is -2.27. The average molecular weight is 316 g/mol. The van der Waals surface area contributed by atoms with E-state index in [4.69, 9.17) is 4.74 Å². The lowest BCUT2D eigenvalue weighted by molar-refractivity contribution is -0.124. The van der Waals surface area contributed by atoms with Gasteiger partial charge in [0.05, 0.1) is 18.5 Å². The molecule has 0 aromatic heterocycles. The third-order valence-corrected chi connectivity index (χ3v) is 5.34. The number of ether oxygens (including phenoxy) is 1. The van der Waals surface area contributed by atoms with Gasteiger partial charge >= 0.3 is 0 Å². The molecule has 4 nitrogen and oxygen atoms in total. The number of fused-ring (bicyclic) bond motifs is 2. The van der Waals surface area contributed by atoms with E-state index < -0.39 is 0 Å². The van der Waals surface area contributed by atoms with Crippen LogP contribution in [0.15, 0.2) is 24.5 Å². The molecule has 2 bridgehead atoms. The Kier molecular flexibility index (Phi) is 4.44. The molecule has 0 amide bonds. The molecule has 2 aliphatic heterocycles. The van der Waals surface area contributed by atoms with E-state index in [2.05, 4.69) is 6.92 Å². The van der Waals surface area contributed by atoms with Crippen LogP contribution in [0.2, 0.25) is 0 Å². The van der Waals surface area contributed by atoms with E-state index in [0.29, 0.717) is 5.57 Å². The Bertz CT molecular complexity index is 632. The molecule has 0 spiro atoms. The lowest BCUT2D eigenvalue weighted by atomic mass is 9.82. The molecular formula is C19H24O4. The maximum absolute atomic E-state index is 12.8. The van der Waals surface area contributed by atoms with Gasteiger partial charge in [0.15, 0.2) is 0 Å². The second kappa shape index (κ2) is 6.36. The molecule has 4 unspecified atom stereocenters. The normalized spacial score (nSPS) is 30.4. The van der Waals surface area contributed by atoms with Gasteiger partial charge in [0, 0.05) is 17.9 Å². The van der Waals surface area contributed by atoms with Crippen molar-refractivity contribution in [3.05, 3.63) is 35.6 Å². The molecule has 2 heterocycles. The van der Waals surface area contributed by atoms with Crippen LogP contribution in [0.1, 0.15) is 43.7 Å². The van der Waals surface area contributed by atoms with Gasteiger partial charge in [-0.05, 0) is 55.4 Å². The fraction of sp³-hybridized carbons (Fsp3) is 0.526. The van der Waals surface area contributed by atoms with Crippen molar-refractivity contribution in [2.24, 2.45) is 11.8 Å². The lowest BCUT2D eigenvalue weighted by Gasteiger charge is -2.21. The molecule has 2 aliphatic rings. The SMILES string of the molecule is Cc1ccc(O)cc1/C(=C\O)CC(=O)C1C2CCCC(O2)C1C. The number of aliphatic hydroxyl groups excluding tert-OH is 1. The van der Waals surface area contributed by atoms with E-state index in [9.17, 15) is 15.0 Å². The van der Waals surface area contributed by atoms with Gasteiger partial charge in [0.25, 0.3) is 0 Å². The van der Waals surface area contributed by atoms with Gasteiger partial charge in [-0.2, -0.15) is 0 Å². The Balaban J connectivity index is 1.80. The van der Waals surface area contributed by atoms with Crippen molar-refractivity contribution in [3.8, 4) is 5.75 Å². The van der Waals surface area contributed by atoms with Crippen LogP contribution in [0, 0.1) is 18.8 Å². The zero-order chi connectivity index (χ0) is 16.6. The van der Waals surface area contributed by atoms with Crippen molar-refractivity contribution >= 4 is 11.4 Å². The molecular weight excluding hydrogens is 292 g/mol. The second-order valence-corrected chi connectivity index (χ2v) is 6.83. The molecule has 2 N–H and O–H groups in total. The number of benzene rings is 1. The largest absolute Gasteiger partial charge is 0.515 e. The minimum absolute atomic E-state index is 0.0291. The summed E-state index contributed by atoms with van der Waals surface area (Å²) in [6.07, 6.45) is 4.50. The molecule has 1 aromatic carbocycles. The summed E-state index contributed by atoms with van der Waals surface area (Å²) >= 11 is 0. The molecule has 124 valence electrons. The fourth-order valence-electron chi connectivity index (χ4n) is 4.07. The van der Waals surface area contributed by atoms with Crippen LogP contribution >= 0.6 is 0 Å². The van der Waals surface area contributed by atoms with Gasteiger partial charge in [0.1, 0.15) is 11.5 Å². The highest BCUT2D eigenvalue weighted by atomic mass is 16.5. The summed E-state index contributed by atoms with van der Waals surface area (Å²) in [6.45, 7) is 4.00. The molecule has 0 saturated carbocycles. The van der Waals surface area contributed by atoms with E-state index in [1.165, 1.54) is 0 Å². The summed E-state index contributed by atoms with van der Waals surface area (Å²) in [7, 11) is 0. The van der Waals surface area contributed by atoms with Gasteiger partial charge in [-0.25, -0.2) is 0 Å². The number of ketones is 1. The highest BCUT2D eigenvalue weighted by Crippen LogP contribution is 2.43. The number of hydrogen-bond acceptors (Lipinski definition) is 4. The van der Waals surface area contributed by atoms with E-state index in [0.717, 1.165) is 36.7 Å². The number of aromatic hydroxyl groups is 1. The standard InChI is InChI=1S/C19H24O4/c1-11-6-7-14(21)9-15(11)13(10-20)8-16(22)19-12(2)17-4-3-5-18(19)23-17/h6-7,9-10,12,17-21H,3-5,8H2,1-2H3/b13-10-. The molecule has 2 saturated heterocycles. The van der Waals surface area contributed by atoms with E-state index in [1.807, 2.05) is 6.92 Å². The Morgan fingerprint density at radius 1 is 1.35 bits per heavy atom. The molecule has 4 atom stereocenters. The van der Waals surface area contributed by atoms with Gasteiger partial charge < -0.3 is 14.9 Å². The van der Waals surface area contributed by atoms with E-state index in [-0.39, 0.29) is 42.0 Å². The van der Waals surface area contributed by atoms with Crippen LogP contribution in [0.3, 0.4) is 0 Å². The van der Waals surface area contributed by atoms with Crippen molar-refractivity contribution in [2.75, 3.05) is 0 Å². The first-order valence-corrected chi connectivity index (χ1v) is 8.32. The van der Waals surface area contributed by atoms with Gasteiger partial charge in [-0.1, -0.05) is 13.0 Å². The number of phenols is 1. The molecule has 3 rings (SSSR count). The number of rotatable bonds is 4. The molecule has 2 fully saturated rings. The fourth-order valence-corrected chi connectivity index (χ4v) is 4.07. The van der Waals surface area contributed by atoms with Crippen molar-refractivity contribution in [1.29, 1.82) is 0 Å². The Morgan fingerprint density at radius 2 is 2.09 bits per heavy atom. The monoisotopic (exact) mass is 316 g/mol. The molecule has 0 aliphatic carbocycles. The van der Waals surface area contributed by atoms with Gasteiger partial charge in [0.2, 0.25) is 0 Å². The van der Waals surface area contributed by atoms with Crippen molar-refractivity contribution in [2.45, 2.75) is 51.7 Å². The van der Waals surface area contributed by atoms with Crippen molar-refractivity contribution < 1.29 is 19.7 Å². The van der Waals surface area contributed by atoms with Crippen LogP contribution in [0.5, 0.6) is 5.75 Å². The Morgan fingerprint density at radius 3 is 2.78 bits per heavy atom. The number of aliphatic hydroxyl groups is 1. The summed E-state index contributed by atoms with van der Waals surface area (Å²) in [5, 5.41) is 19.3. The maximum Gasteiger partial charge on any atom is 0.143 e. The van der Waals surface area contributed by atoms with Crippen LogP contribution in [-0.4, -0.2) is 28.2 Å². The third kappa shape index (κ3) is 3.00. The first-order valence-electron chi connectivity index (χ1n) is 8.32. The smallest absolute Gasteiger partial charge is 0.143 e. The molecule has 4 heteroatoms. The van der Waals surface area contributed by atoms with Crippen molar-refractivity contribution in [1.82, 2.24) is 0 Å².